The maximum atomic E-state index is 11.8. The van der Waals surface area contributed by atoms with Crippen molar-refractivity contribution >= 4 is 0 Å². The summed E-state index contributed by atoms with van der Waals surface area (Å²) >= 11 is 0. The minimum absolute atomic E-state index is 0.0965. The van der Waals surface area contributed by atoms with Crippen molar-refractivity contribution in [3.8, 4) is 0 Å². The van der Waals surface area contributed by atoms with E-state index in [-0.39, 0.29) is 5.69 Å². The molecule has 4 nitrogen and oxygen atoms in total. The van der Waals surface area contributed by atoms with E-state index in [1.165, 1.54) is 0 Å². The van der Waals surface area contributed by atoms with E-state index in [0.29, 0.717) is 6.04 Å². The van der Waals surface area contributed by atoms with Gasteiger partial charge in [-0.25, -0.2) is 4.79 Å². The molecule has 0 aliphatic carbocycles. The summed E-state index contributed by atoms with van der Waals surface area (Å²) in [4.78, 5) is 11.8. The van der Waals surface area contributed by atoms with Crippen molar-refractivity contribution in [3.63, 3.8) is 0 Å². The van der Waals surface area contributed by atoms with E-state index in [4.69, 9.17) is 0 Å². The monoisotopic (exact) mass is 225 g/mol. The lowest BCUT2D eigenvalue weighted by Gasteiger charge is -2.16. The van der Waals surface area contributed by atoms with Crippen molar-refractivity contribution in [3.05, 3.63) is 22.9 Å². The Morgan fingerprint density at radius 3 is 2.44 bits per heavy atom. The van der Waals surface area contributed by atoms with Gasteiger partial charge in [-0.15, -0.1) is 0 Å². The van der Waals surface area contributed by atoms with Crippen LogP contribution in [0.5, 0.6) is 0 Å². The Bertz CT molecular complexity index is 353. The highest BCUT2D eigenvalue weighted by atomic mass is 16.1. The predicted molar refractivity (Wildman–Crippen MR) is 66.7 cm³/mol. The van der Waals surface area contributed by atoms with Crippen LogP contribution in [0, 0.1) is 0 Å². The second-order valence-electron chi connectivity index (χ2n) is 4.08. The van der Waals surface area contributed by atoms with Gasteiger partial charge in [0.05, 0.1) is 0 Å². The first-order valence-electron chi connectivity index (χ1n) is 6.21. The van der Waals surface area contributed by atoms with Gasteiger partial charge in [-0.1, -0.05) is 13.8 Å². The van der Waals surface area contributed by atoms with E-state index in [0.717, 1.165) is 32.5 Å². The molecular weight excluding hydrogens is 202 g/mol. The van der Waals surface area contributed by atoms with Crippen molar-refractivity contribution in [2.24, 2.45) is 0 Å². The van der Waals surface area contributed by atoms with Gasteiger partial charge < -0.3 is 5.32 Å². The molecule has 4 heteroatoms. The van der Waals surface area contributed by atoms with Gasteiger partial charge in [0.25, 0.3) is 0 Å². The molecule has 0 aliphatic rings. The van der Waals surface area contributed by atoms with Crippen LogP contribution in [-0.2, 0) is 13.1 Å². The maximum Gasteiger partial charge on any atom is 0.328 e. The highest BCUT2D eigenvalue weighted by molar-refractivity contribution is 4.83. The van der Waals surface area contributed by atoms with Crippen molar-refractivity contribution in [2.45, 2.75) is 52.7 Å². The Morgan fingerprint density at radius 1 is 1.25 bits per heavy atom. The summed E-state index contributed by atoms with van der Waals surface area (Å²) in [5, 5.41) is 3.45. The molecule has 0 saturated heterocycles. The fourth-order valence-corrected chi connectivity index (χ4v) is 1.76. The molecule has 0 saturated carbocycles. The maximum absolute atomic E-state index is 11.8. The fourth-order valence-electron chi connectivity index (χ4n) is 1.76. The van der Waals surface area contributed by atoms with E-state index in [1.807, 2.05) is 19.3 Å². The van der Waals surface area contributed by atoms with E-state index >= 15 is 0 Å². The largest absolute Gasteiger partial charge is 0.328 e. The number of nitrogens with zero attached hydrogens (tertiary/aromatic N) is 2. The minimum Gasteiger partial charge on any atom is -0.312 e. The van der Waals surface area contributed by atoms with Crippen LogP contribution in [0.4, 0.5) is 0 Å². The Labute approximate surface area is 97.3 Å². The lowest BCUT2D eigenvalue weighted by molar-refractivity contribution is 0.428. The first-order chi connectivity index (χ1) is 7.72. The molecule has 92 valence electrons. The van der Waals surface area contributed by atoms with Crippen LogP contribution in [0.15, 0.2) is 17.2 Å². The number of rotatable bonds is 7. The number of nitrogens with one attached hydrogen (secondary N) is 1. The van der Waals surface area contributed by atoms with Crippen LogP contribution < -0.4 is 11.0 Å². The van der Waals surface area contributed by atoms with Gasteiger partial charge in [0.2, 0.25) is 0 Å². The van der Waals surface area contributed by atoms with E-state index < -0.39 is 0 Å². The molecule has 1 heterocycles. The zero-order valence-corrected chi connectivity index (χ0v) is 10.6. The topological polar surface area (TPSA) is 39.0 Å². The van der Waals surface area contributed by atoms with E-state index in [1.54, 1.807) is 9.13 Å². The standard InChI is InChI=1S/C12H23N3O/c1-4-7-13-11(5-2)10-15-9-8-14(6-3)12(15)16/h8-9,11,13H,4-7,10H2,1-3H3. The van der Waals surface area contributed by atoms with Crippen LogP contribution in [0.25, 0.3) is 0 Å². The fraction of sp³-hybridized carbons (Fsp3) is 0.750. The summed E-state index contributed by atoms with van der Waals surface area (Å²) in [7, 11) is 0. The van der Waals surface area contributed by atoms with E-state index in [2.05, 4.69) is 19.2 Å². The molecule has 1 N–H and O–H groups in total. The summed E-state index contributed by atoms with van der Waals surface area (Å²) < 4.78 is 3.52. The number of aryl methyl sites for hydroxylation is 1. The molecule has 0 fully saturated rings. The van der Waals surface area contributed by atoms with Crippen molar-refractivity contribution in [1.29, 1.82) is 0 Å². The smallest absolute Gasteiger partial charge is 0.312 e. The first kappa shape index (κ1) is 13.0. The quantitative estimate of drug-likeness (QED) is 0.763. The molecule has 16 heavy (non-hydrogen) atoms. The molecule has 0 aromatic carbocycles. The lowest BCUT2D eigenvalue weighted by atomic mass is 10.2. The number of imidazole rings is 1. The van der Waals surface area contributed by atoms with Gasteiger partial charge in [-0.05, 0) is 26.3 Å². The SMILES string of the molecule is CCCNC(CC)Cn1ccn(CC)c1=O. The van der Waals surface area contributed by atoms with Crippen LogP contribution in [-0.4, -0.2) is 21.7 Å². The first-order valence-corrected chi connectivity index (χ1v) is 6.21. The number of hydrogen-bond acceptors (Lipinski definition) is 2. The van der Waals surface area contributed by atoms with Crippen LogP contribution in [0.3, 0.4) is 0 Å². The molecule has 1 aromatic heterocycles. The van der Waals surface area contributed by atoms with Gasteiger partial charge >= 0.3 is 5.69 Å². The highest BCUT2D eigenvalue weighted by Gasteiger charge is 2.08. The van der Waals surface area contributed by atoms with Gasteiger partial charge in [0.1, 0.15) is 0 Å². The molecule has 1 rings (SSSR count). The number of aromatic nitrogens is 2. The zero-order valence-electron chi connectivity index (χ0n) is 10.6. The molecule has 1 atom stereocenters. The highest BCUT2D eigenvalue weighted by Crippen LogP contribution is 1.96. The van der Waals surface area contributed by atoms with E-state index in [9.17, 15) is 4.79 Å². The second kappa shape index (κ2) is 6.53. The summed E-state index contributed by atoms with van der Waals surface area (Å²) in [5.74, 6) is 0. The zero-order chi connectivity index (χ0) is 12.0. The number of hydrogen-bond donors (Lipinski definition) is 1. The van der Waals surface area contributed by atoms with Gasteiger partial charge in [-0.3, -0.25) is 9.13 Å². The average Bonchev–Trinajstić information content (AvgIpc) is 2.65. The van der Waals surface area contributed by atoms with Crippen LogP contribution in [0.2, 0.25) is 0 Å². The Balaban J connectivity index is 2.63. The minimum atomic E-state index is 0.0965. The Kier molecular flexibility index (Phi) is 5.32. The molecule has 0 amide bonds. The molecule has 1 aromatic rings. The normalized spacial score (nSPS) is 12.9. The van der Waals surface area contributed by atoms with Crippen LogP contribution >= 0.6 is 0 Å². The van der Waals surface area contributed by atoms with Crippen LogP contribution in [0.1, 0.15) is 33.6 Å². The third-order valence-electron chi connectivity index (χ3n) is 2.85. The molecule has 0 bridgehead atoms. The van der Waals surface area contributed by atoms with Gasteiger partial charge in [0, 0.05) is 31.5 Å². The summed E-state index contributed by atoms with van der Waals surface area (Å²) in [5.41, 5.74) is 0.0965. The summed E-state index contributed by atoms with van der Waals surface area (Å²) in [6.07, 6.45) is 5.90. The third kappa shape index (κ3) is 3.23. The van der Waals surface area contributed by atoms with Crippen molar-refractivity contribution in [1.82, 2.24) is 14.5 Å². The molecular formula is C12H23N3O. The lowest BCUT2D eigenvalue weighted by Crippen LogP contribution is -2.36. The molecule has 0 radical (unpaired) electrons. The van der Waals surface area contributed by atoms with Crippen molar-refractivity contribution < 1.29 is 0 Å². The summed E-state index contributed by atoms with van der Waals surface area (Å²) in [6, 6.07) is 0.394. The van der Waals surface area contributed by atoms with Gasteiger partial charge in [-0.2, -0.15) is 0 Å². The summed E-state index contributed by atoms with van der Waals surface area (Å²) in [6.45, 7) is 8.81. The molecule has 0 aliphatic heterocycles. The molecule has 1 unspecified atom stereocenters. The average molecular weight is 225 g/mol. The predicted octanol–water partition coefficient (Wildman–Crippen LogP) is 1.45. The second-order valence-corrected chi connectivity index (χ2v) is 4.08. The van der Waals surface area contributed by atoms with Crippen molar-refractivity contribution in [2.75, 3.05) is 6.54 Å². The van der Waals surface area contributed by atoms with Gasteiger partial charge in [0.15, 0.2) is 0 Å². The Hall–Kier alpha value is -1.03. The Morgan fingerprint density at radius 2 is 1.94 bits per heavy atom. The molecule has 0 spiro atoms. The third-order valence-corrected chi connectivity index (χ3v) is 2.85.